The molecule has 4 nitrogen and oxygen atoms in total. The molecule has 14 heavy (non-hydrogen) atoms. The minimum Gasteiger partial charge on any atom is -0.381 e. The highest BCUT2D eigenvalue weighted by molar-refractivity contribution is 5.96. The fourth-order valence-corrected chi connectivity index (χ4v) is 1.61. The van der Waals surface area contributed by atoms with Crippen molar-refractivity contribution in [2.24, 2.45) is 5.92 Å². The molecule has 4 heteroatoms. The minimum atomic E-state index is 0.0233. The zero-order valence-electron chi connectivity index (χ0n) is 8.27. The molecule has 1 aliphatic rings. The van der Waals surface area contributed by atoms with E-state index in [2.05, 4.69) is 4.98 Å². The molecule has 1 aromatic rings. The monoisotopic (exact) mass is 194 g/mol. The zero-order chi connectivity index (χ0) is 9.97. The maximum absolute atomic E-state index is 11.8. The van der Waals surface area contributed by atoms with Gasteiger partial charge in [-0.05, 0) is 13.3 Å². The molecule has 2 heterocycles. The van der Waals surface area contributed by atoms with Crippen LogP contribution in [-0.2, 0) is 11.3 Å². The van der Waals surface area contributed by atoms with E-state index >= 15 is 0 Å². The number of rotatable bonds is 3. The topological polar surface area (TPSA) is 44.1 Å². The predicted molar refractivity (Wildman–Crippen MR) is 51.2 cm³/mol. The van der Waals surface area contributed by atoms with E-state index in [0.29, 0.717) is 18.9 Å². The highest BCUT2D eigenvalue weighted by Crippen LogP contribution is 2.17. The Hall–Kier alpha value is -1.16. The molecule has 1 saturated heterocycles. The molecule has 1 unspecified atom stereocenters. The summed E-state index contributed by atoms with van der Waals surface area (Å²) in [5.41, 5.74) is 0.572. The summed E-state index contributed by atoms with van der Waals surface area (Å²) in [5.74, 6) is 0.143. The van der Waals surface area contributed by atoms with Crippen LogP contribution in [0.1, 0.15) is 23.8 Å². The van der Waals surface area contributed by atoms with Gasteiger partial charge in [0.2, 0.25) is 0 Å². The third kappa shape index (κ3) is 1.70. The lowest BCUT2D eigenvalue weighted by Crippen LogP contribution is -2.14. The van der Waals surface area contributed by atoms with Crippen LogP contribution >= 0.6 is 0 Å². The van der Waals surface area contributed by atoms with Gasteiger partial charge in [0.1, 0.15) is 5.69 Å². The maximum Gasteiger partial charge on any atom is 0.188 e. The van der Waals surface area contributed by atoms with Crippen LogP contribution in [0.15, 0.2) is 12.5 Å². The molecule has 1 atom stereocenters. The number of Topliss-reactive ketones (excluding diaryl/α,β-unsaturated/α-hetero) is 1. The van der Waals surface area contributed by atoms with Gasteiger partial charge in [-0.2, -0.15) is 0 Å². The lowest BCUT2D eigenvalue weighted by molar-refractivity contribution is 0.0895. The van der Waals surface area contributed by atoms with Gasteiger partial charge in [0.25, 0.3) is 0 Å². The first-order valence-corrected chi connectivity index (χ1v) is 4.95. The van der Waals surface area contributed by atoms with Crippen molar-refractivity contribution in [2.45, 2.75) is 19.9 Å². The summed E-state index contributed by atoms with van der Waals surface area (Å²) in [7, 11) is 0. The molecule has 0 N–H and O–H groups in total. The number of ketones is 1. The Kier molecular flexibility index (Phi) is 2.63. The Bertz CT molecular complexity index is 327. The second-order valence-corrected chi connectivity index (χ2v) is 3.51. The molecule has 76 valence electrons. The number of aryl methyl sites for hydroxylation is 1. The third-order valence-electron chi connectivity index (χ3n) is 2.55. The molecule has 0 amide bonds. The Morgan fingerprint density at radius 2 is 2.64 bits per heavy atom. The molecule has 0 radical (unpaired) electrons. The van der Waals surface area contributed by atoms with Crippen molar-refractivity contribution < 1.29 is 9.53 Å². The standard InChI is InChI=1S/C10H14N2O2/c1-2-12-5-9(11-7-12)10(13)8-3-4-14-6-8/h5,7-8H,2-4,6H2,1H3. The van der Waals surface area contributed by atoms with E-state index < -0.39 is 0 Å². The van der Waals surface area contributed by atoms with E-state index in [0.717, 1.165) is 13.0 Å². The second-order valence-electron chi connectivity index (χ2n) is 3.51. The molecule has 0 aromatic carbocycles. The van der Waals surface area contributed by atoms with Crippen molar-refractivity contribution in [3.63, 3.8) is 0 Å². The highest BCUT2D eigenvalue weighted by atomic mass is 16.5. The SMILES string of the molecule is CCn1cnc(C(=O)C2CCOC2)c1. The van der Waals surface area contributed by atoms with Gasteiger partial charge in [-0.15, -0.1) is 0 Å². The van der Waals surface area contributed by atoms with Crippen molar-refractivity contribution in [1.29, 1.82) is 0 Å². The van der Waals surface area contributed by atoms with Gasteiger partial charge in [0.15, 0.2) is 5.78 Å². The van der Waals surface area contributed by atoms with Crippen molar-refractivity contribution in [3.05, 3.63) is 18.2 Å². The number of nitrogens with zero attached hydrogens (tertiary/aromatic N) is 2. The number of carbonyl (C=O) groups excluding carboxylic acids is 1. The van der Waals surface area contributed by atoms with Crippen LogP contribution in [0.25, 0.3) is 0 Å². The first kappa shape index (κ1) is 9.40. The summed E-state index contributed by atoms with van der Waals surface area (Å²) < 4.78 is 7.08. The van der Waals surface area contributed by atoms with E-state index in [4.69, 9.17) is 4.74 Å². The van der Waals surface area contributed by atoms with Gasteiger partial charge in [-0.25, -0.2) is 4.98 Å². The molecule has 1 aliphatic heterocycles. The summed E-state index contributed by atoms with van der Waals surface area (Å²) in [4.78, 5) is 15.9. The Morgan fingerprint density at radius 1 is 1.79 bits per heavy atom. The lowest BCUT2D eigenvalue weighted by Gasteiger charge is -2.02. The molecule has 1 aromatic heterocycles. The van der Waals surface area contributed by atoms with E-state index in [-0.39, 0.29) is 11.7 Å². The van der Waals surface area contributed by atoms with Crippen molar-refractivity contribution in [3.8, 4) is 0 Å². The summed E-state index contributed by atoms with van der Waals surface area (Å²) in [6.07, 6.45) is 4.33. The van der Waals surface area contributed by atoms with Crippen LogP contribution in [0, 0.1) is 5.92 Å². The van der Waals surface area contributed by atoms with E-state index in [1.807, 2.05) is 11.5 Å². The van der Waals surface area contributed by atoms with Gasteiger partial charge in [-0.3, -0.25) is 4.79 Å². The molecular weight excluding hydrogens is 180 g/mol. The third-order valence-corrected chi connectivity index (χ3v) is 2.55. The fourth-order valence-electron chi connectivity index (χ4n) is 1.61. The zero-order valence-corrected chi connectivity index (χ0v) is 8.27. The summed E-state index contributed by atoms with van der Waals surface area (Å²) in [5, 5.41) is 0. The molecule has 0 bridgehead atoms. The van der Waals surface area contributed by atoms with Gasteiger partial charge in [0, 0.05) is 25.3 Å². The number of hydrogen-bond donors (Lipinski definition) is 0. The maximum atomic E-state index is 11.8. The first-order valence-electron chi connectivity index (χ1n) is 4.95. The summed E-state index contributed by atoms with van der Waals surface area (Å²) in [6.45, 7) is 4.12. The van der Waals surface area contributed by atoms with Crippen molar-refractivity contribution >= 4 is 5.78 Å². The van der Waals surface area contributed by atoms with Crippen LogP contribution in [0.4, 0.5) is 0 Å². The summed E-state index contributed by atoms with van der Waals surface area (Å²) >= 11 is 0. The van der Waals surface area contributed by atoms with Crippen LogP contribution in [0.2, 0.25) is 0 Å². The number of imidazole rings is 1. The Balaban J connectivity index is 2.09. The van der Waals surface area contributed by atoms with Crippen molar-refractivity contribution in [2.75, 3.05) is 13.2 Å². The Morgan fingerprint density at radius 3 is 3.21 bits per heavy atom. The summed E-state index contributed by atoms with van der Waals surface area (Å²) in [6, 6.07) is 0. The largest absolute Gasteiger partial charge is 0.381 e. The van der Waals surface area contributed by atoms with E-state index in [1.165, 1.54) is 0 Å². The molecule has 0 aliphatic carbocycles. The van der Waals surface area contributed by atoms with Gasteiger partial charge in [0.05, 0.1) is 12.9 Å². The molecule has 0 saturated carbocycles. The second kappa shape index (κ2) is 3.92. The van der Waals surface area contributed by atoms with Gasteiger partial charge in [-0.1, -0.05) is 0 Å². The molecule has 1 fully saturated rings. The van der Waals surface area contributed by atoms with Gasteiger partial charge < -0.3 is 9.30 Å². The highest BCUT2D eigenvalue weighted by Gasteiger charge is 2.25. The van der Waals surface area contributed by atoms with E-state index in [9.17, 15) is 4.79 Å². The average Bonchev–Trinajstić information content (AvgIpc) is 2.88. The number of carbonyl (C=O) groups is 1. The normalized spacial score (nSPS) is 21.4. The van der Waals surface area contributed by atoms with Crippen molar-refractivity contribution in [1.82, 2.24) is 9.55 Å². The van der Waals surface area contributed by atoms with Gasteiger partial charge >= 0.3 is 0 Å². The number of hydrogen-bond acceptors (Lipinski definition) is 3. The Labute approximate surface area is 82.9 Å². The number of aromatic nitrogens is 2. The lowest BCUT2D eigenvalue weighted by atomic mass is 10.0. The quantitative estimate of drug-likeness (QED) is 0.677. The molecule has 0 spiro atoms. The first-order chi connectivity index (χ1) is 6.81. The minimum absolute atomic E-state index is 0.0233. The van der Waals surface area contributed by atoms with Crippen LogP contribution in [0.3, 0.4) is 0 Å². The predicted octanol–water partition coefficient (Wildman–Crippen LogP) is 1.12. The average molecular weight is 194 g/mol. The molecule has 2 rings (SSSR count). The smallest absolute Gasteiger partial charge is 0.188 e. The van der Waals surface area contributed by atoms with Crippen LogP contribution in [0.5, 0.6) is 0 Å². The number of ether oxygens (including phenoxy) is 1. The van der Waals surface area contributed by atoms with Crippen LogP contribution < -0.4 is 0 Å². The molecular formula is C10H14N2O2. The van der Waals surface area contributed by atoms with Crippen LogP contribution in [-0.4, -0.2) is 28.5 Å². The fraction of sp³-hybridized carbons (Fsp3) is 0.600. The van der Waals surface area contributed by atoms with E-state index in [1.54, 1.807) is 12.5 Å².